The molecular formula is C17H17N5OS. The van der Waals surface area contributed by atoms with Crippen LogP contribution in [0.4, 0.5) is 16.8 Å². The highest BCUT2D eigenvalue weighted by Gasteiger charge is 2.12. The number of hydrogen-bond acceptors (Lipinski definition) is 6. The number of aromatic nitrogens is 3. The first-order valence-corrected chi connectivity index (χ1v) is 8.22. The van der Waals surface area contributed by atoms with Crippen molar-refractivity contribution < 1.29 is 4.79 Å². The summed E-state index contributed by atoms with van der Waals surface area (Å²) >= 11 is 1.43. The number of carbonyl (C=O) groups is 1. The molecule has 0 aromatic carbocycles. The lowest BCUT2D eigenvalue weighted by molar-refractivity contribution is -0.116. The Bertz CT molecular complexity index is 877. The Kier molecular flexibility index (Phi) is 4.52. The molecule has 3 aromatic rings. The zero-order valence-electron chi connectivity index (χ0n) is 13.6. The molecule has 0 aliphatic heterocycles. The van der Waals surface area contributed by atoms with Crippen molar-refractivity contribution in [2.24, 2.45) is 0 Å². The van der Waals surface area contributed by atoms with Gasteiger partial charge in [-0.1, -0.05) is 17.4 Å². The van der Waals surface area contributed by atoms with Gasteiger partial charge >= 0.3 is 0 Å². The summed E-state index contributed by atoms with van der Waals surface area (Å²) in [5, 5.41) is 3.85. The molecule has 0 aliphatic rings. The summed E-state index contributed by atoms with van der Waals surface area (Å²) in [5.41, 5.74) is 1.93. The average molecular weight is 339 g/mol. The first-order chi connectivity index (χ1) is 11.5. The topological polar surface area (TPSA) is 71.0 Å². The van der Waals surface area contributed by atoms with Crippen molar-refractivity contribution in [1.82, 2.24) is 15.0 Å². The summed E-state index contributed by atoms with van der Waals surface area (Å²) in [6.07, 6.45) is 3.49. The number of amides is 1. The molecule has 0 fully saturated rings. The summed E-state index contributed by atoms with van der Waals surface area (Å²) in [5.74, 6) is 1.41. The van der Waals surface area contributed by atoms with Gasteiger partial charge in [0, 0.05) is 26.4 Å². The molecule has 0 unspecified atom stereocenters. The molecule has 6 nitrogen and oxygen atoms in total. The number of nitrogens with one attached hydrogen (secondary N) is 1. The Labute approximate surface area is 144 Å². The van der Waals surface area contributed by atoms with Gasteiger partial charge in [-0.2, -0.15) is 0 Å². The van der Waals surface area contributed by atoms with E-state index in [0.717, 1.165) is 22.0 Å². The largest absolute Gasteiger partial charge is 0.325 e. The van der Waals surface area contributed by atoms with Gasteiger partial charge in [0.2, 0.25) is 5.91 Å². The molecule has 0 bridgehead atoms. The van der Waals surface area contributed by atoms with Crippen LogP contribution in [-0.2, 0) is 4.79 Å². The van der Waals surface area contributed by atoms with Crippen LogP contribution in [0.25, 0.3) is 10.6 Å². The molecule has 1 amide bonds. The minimum atomic E-state index is -0.0511. The lowest BCUT2D eigenvalue weighted by Crippen LogP contribution is -2.22. The molecule has 0 spiro atoms. The van der Waals surface area contributed by atoms with E-state index in [0.29, 0.717) is 10.9 Å². The Hall–Kier alpha value is -2.80. The van der Waals surface area contributed by atoms with E-state index in [1.54, 1.807) is 19.4 Å². The van der Waals surface area contributed by atoms with E-state index in [9.17, 15) is 4.79 Å². The third-order valence-electron chi connectivity index (χ3n) is 3.43. The number of hydrogen-bond donors (Lipinski definition) is 1. The predicted octanol–water partition coefficient (Wildman–Crippen LogP) is 3.63. The van der Waals surface area contributed by atoms with Gasteiger partial charge in [-0.05, 0) is 36.8 Å². The zero-order valence-corrected chi connectivity index (χ0v) is 14.5. The van der Waals surface area contributed by atoms with Crippen LogP contribution in [-0.4, -0.2) is 27.9 Å². The second-order valence-corrected chi connectivity index (χ2v) is 6.35. The Morgan fingerprint density at radius 3 is 2.79 bits per heavy atom. The van der Waals surface area contributed by atoms with Gasteiger partial charge in [0.25, 0.3) is 0 Å². The van der Waals surface area contributed by atoms with Crippen LogP contribution < -0.4 is 10.2 Å². The molecule has 0 aliphatic carbocycles. The van der Waals surface area contributed by atoms with Crippen LogP contribution in [0.15, 0.2) is 42.7 Å². The second-order valence-electron chi connectivity index (χ2n) is 5.34. The minimum Gasteiger partial charge on any atom is -0.325 e. The summed E-state index contributed by atoms with van der Waals surface area (Å²) in [7, 11) is 1.71. The average Bonchev–Trinajstić information content (AvgIpc) is 3.04. The van der Waals surface area contributed by atoms with Crippen molar-refractivity contribution in [2.45, 2.75) is 13.8 Å². The molecule has 0 radical (unpaired) electrons. The predicted molar refractivity (Wildman–Crippen MR) is 96.7 cm³/mol. The number of pyridine rings is 2. The minimum absolute atomic E-state index is 0.0511. The molecule has 3 heterocycles. The summed E-state index contributed by atoms with van der Waals surface area (Å²) in [6, 6.07) is 9.63. The van der Waals surface area contributed by atoms with Crippen LogP contribution in [0.1, 0.15) is 12.5 Å². The highest BCUT2D eigenvalue weighted by Crippen LogP contribution is 2.30. The molecule has 3 rings (SSSR count). The molecule has 3 aromatic heterocycles. The van der Waals surface area contributed by atoms with Crippen molar-refractivity contribution in [1.29, 1.82) is 0 Å². The van der Waals surface area contributed by atoms with E-state index in [-0.39, 0.29) is 5.91 Å². The second kappa shape index (κ2) is 6.76. The quantitative estimate of drug-likeness (QED) is 0.786. The van der Waals surface area contributed by atoms with Gasteiger partial charge in [0.15, 0.2) is 5.13 Å². The molecule has 24 heavy (non-hydrogen) atoms. The van der Waals surface area contributed by atoms with E-state index in [2.05, 4.69) is 20.3 Å². The molecule has 0 saturated carbocycles. The molecular weight excluding hydrogens is 322 g/mol. The van der Waals surface area contributed by atoms with Crippen LogP contribution in [0.2, 0.25) is 0 Å². The first-order valence-electron chi connectivity index (χ1n) is 7.40. The van der Waals surface area contributed by atoms with Crippen molar-refractivity contribution in [3.8, 4) is 10.6 Å². The van der Waals surface area contributed by atoms with E-state index >= 15 is 0 Å². The maximum atomic E-state index is 11.4. The normalized spacial score (nSPS) is 10.5. The Morgan fingerprint density at radius 2 is 2.04 bits per heavy atom. The van der Waals surface area contributed by atoms with Gasteiger partial charge in [0.05, 0.1) is 10.6 Å². The fraction of sp³-hybridized carbons (Fsp3) is 0.176. The Morgan fingerprint density at radius 1 is 1.21 bits per heavy atom. The monoisotopic (exact) mass is 339 g/mol. The summed E-state index contributed by atoms with van der Waals surface area (Å²) in [4.78, 5) is 27.0. The first kappa shape index (κ1) is 16.1. The third-order valence-corrected chi connectivity index (χ3v) is 4.52. The summed E-state index contributed by atoms with van der Waals surface area (Å²) < 4.78 is 0. The number of rotatable bonds is 4. The van der Waals surface area contributed by atoms with Gasteiger partial charge < -0.3 is 5.32 Å². The smallest absolute Gasteiger partial charge is 0.225 e. The van der Waals surface area contributed by atoms with Gasteiger partial charge in [0.1, 0.15) is 11.6 Å². The van der Waals surface area contributed by atoms with E-state index in [1.807, 2.05) is 37.3 Å². The van der Waals surface area contributed by atoms with Crippen molar-refractivity contribution in [2.75, 3.05) is 17.3 Å². The van der Waals surface area contributed by atoms with E-state index in [1.165, 1.54) is 23.2 Å². The number of aryl methyl sites for hydroxylation is 1. The number of anilines is 3. The van der Waals surface area contributed by atoms with Gasteiger partial charge in [-0.15, -0.1) is 0 Å². The molecule has 7 heteroatoms. The number of nitrogens with zero attached hydrogens (tertiary/aromatic N) is 4. The van der Waals surface area contributed by atoms with Crippen molar-refractivity contribution in [3.63, 3.8) is 0 Å². The SMILES string of the molecule is CC(=O)N(C)c1ncc(-c2cccc(Nc3cc(C)ccn3)n2)s1. The van der Waals surface area contributed by atoms with Crippen LogP contribution in [0.3, 0.4) is 0 Å². The van der Waals surface area contributed by atoms with Gasteiger partial charge in [-0.3, -0.25) is 9.69 Å². The fourth-order valence-corrected chi connectivity index (χ4v) is 2.94. The highest BCUT2D eigenvalue weighted by molar-refractivity contribution is 7.19. The molecule has 122 valence electrons. The Balaban J connectivity index is 1.84. The third kappa shape index (κ3) is 3.57. The highest BCUT2D eigenvalue weighted by atomic mass is 32.1. The molecule has 0 saturated heterocycles. The van der Waals surface area contributed by atoms with Crippen LogP contribution in [0, 0.1) is 6.92 Å². The number of thiazole rings is 1. The zero-order chi connectivity index (χ0) is 17.1. The maximum Gasteiger partial charge on any atom is 0.225 e. The van der Waals surface area contributed by atoms with Crippen molar-refractivity contribution >= 4 is 34.0 Å². The van der Waals surface area contributed by atoms with Crippen LogP contribution >= 0.6 is 11.3 Å². The molecule has 0 atom stereocenters. The van der Waals surface area contributed by atoms with Crippen molar-refractivity contribution in [3.05, 3.63) is 48.3 Å². The maximum absolute atomic E-state index is 11.4. The van der Waals surface area contributed by atoms with Crippen LogP contribution in [0.5, 0.6) is 0 Å². The summed E-state index contributed by atoms with van der Waals surface area (Å²) in [6.45, 7) is 3.53. The number of carbonyl (C=O) groups excluding carboxylic acids is 1. The lowest BCUT2D eigenvalue weighted by Gasteiger charge is -2.09. The lowest BCUT2D eigenvalue weighted by atomic mass is 10.3. The molecule has 1 N–H and O–H groups in total. The van der Waals surface area contributed by atoms with Gasteiger partial charge in [-0.25, -0.2) is 15.0 Å². The fourth-order valence-electron chi connectivity index (χ4n) is 2.05. The van der Waals surface area contributed by atoms with E-state index < -0.39 is 0 Å². The van der Waals surface area contributed by atoms with E-state index in [4.69, 9.17) is 0 Å². The standard InChI is InChI=1S/C17H17N5OS/c1-11-7-8-18-16(9-11)21-15-6-4-5-13(20-15)14-10-19-17(24-14)22(3)12(2)23/h4-10H,1-3H3,(H,18,20,21).